The Morgan fingerprint density at radius 2 is 1.12 bits per heavy atom. The summed E-state index contributed by atoms with van der Waals surface area (Å²) in [5, 5.41) is 26.6. The van der Waals surface area contributed by atoms with Crippen molar-refractivity contribution in [1.82, 2.24) is 25.2 Å². The Morgan fingerprint density at radius 1 is 0.579 bits per heavy atom. The van der Waals surface area contributed by atoms with Gasteiger partial charge in [-0.25, -0.2) is 20.0 Å². The smallest absolute Gasteiger partial charge is 0.277 e. The average molecular weight is 750 g/mol. The first-order valence-electron chi connectivity index (χ1n) is 18.6. The maximum Gasteiger partial charge on any atom is 0.277 e. The monoisotopic (exact) mass is 749 g/mol. The molecular formula is C45H35N9O3. The van der Waals surface area contributed by atoms with Crippen molar-refractivity contribution in [2.75, 3.05) is 14.1 Å². The van der Waals surface area contributed by atoms with Crippen molar-refractivity contribution in [3.05, 3.63) is 156 Å². The number of para-hydroxylation sites is 2. The van der Waals surface area contributed by atoms with Crippen LogP contribution >= 0.6 is 0 Å². The first-order valence-corrected chi connectivity index (χ1v) is 18.6. The van der Waals surface area contributed by atoms with E-state index in [9.17, 15) is 5.11 Å². The molecule has 1 N–H and O–H groups in total. The molecule has 2 aromatic heterocycles. The first kappa shape index (κ1) is 34.3. The third-order valence-corrected chi connectivity index (χ3v) is 10.7. The largest absolute Gasteiger partial charge is 0.508 e. The van der Waals surface area contributed by atoms with Crippen LogP contribution in [0.1, 0.15) is 42.6 Å². The first-order chi connectivity index (χ1) is 27.6. The maximum absolute atomic E-state index is 9.71. The van der Waals surface area contributed by atoms with Crippen molar-refractivity contribution in [1.29, 1.82) is 0 Å². The van der Waals surface area contributed by atoms with Crippen LogP contribution < -0.4 is 21.2 Å². The number of nitrogens with zero attached hydrogens (tertiary/aromatic N) is 9. The molecule has 0 amide bonds. The molecule has 57 heavy (non-hydrogen) atoms. The van der Waals surface area contributed by atoms with Crippen molar-refractivity contribution in [2.24, 2.45) is 20.0 Å². The molecule has 0 fully saturated rings. The Bertz CT molecular complexity index is 3440. The third kappa shape index (κ3) is 5.55. The van der Waals surface area contributed by atoms with Gasteiger partial charge in [0.2, 0.25) is 5.82 Å². The van der Waals surface area contributed by atoms with Gasteiger partial charge in [-0.15, -0.1) is 0 Å². The minimum Gasteiger partial charge on any atom is -0.508 e. The van der Waals surface area contributed by atoms with E-state index >= 15 is 0 Å². The van der Waals surface area contributed by atoms with Gasteiger partial charge in [0, 0.05) is 36.9 Å². The van der Waals surface area contributed by atoms with E-state index in [1.165, 1.54) is 0 Å². The summed E-state index contributed by atoms with van der Waals surface area (Å²) in [4.78, 5) is 30.4. The summed E-state index contributed by atoms with van der Waals surface area (Å²) < 4.78 is 11.0. The number of aliphatic imine (C=N–C) groups is 2. The Hall–Kier alpha value is -7.18. The van der Waals surface area contributed by atoms with Crippen LogP contribution in [0.15, 0.2) is 114 Å². The lowest BCUT2D eigenvalue weighted by Gasteiger charge is -2.03. The molecule has 6 heterocycles. The molecule has 0 unspecified atom stereocenters. The topological polar surface area (TPSA) is 151 Å². The number of aromatic hydroxyl groups is 1. The van der Waals surface area contributed by atoms with Crippen LogP contribution in [-0.4, -0.2) is 55.8 Å². The highest BCUT2D eigenvalue weighted by Gasteiger charge is 2.26. The van der Waals surface area contributed by atoms with Crippen molar-refractivity contribution >= 4 is 45.3 Å². The maximum atomic E-state index is 9.71. The quantitative estimate of drug-likeness (QED) is 0.229. The predicted octanol–water partition coefficient (Wildman–Crippen LogP) is 5.90. The molecule has 0 bridgehead atoms. The molecule has 12 heteroatoms. The van der Waals surface area contributed by atoms with Crippen LogP contribution in [-0.2, 0) is 6.54 Å². The van der Waals surface area contributed by atoms with E-state index < -0.39 is 0 Å². The highest BCUT2D eigenvalue weighted by atomic mass is 16.5. The Kier molecular flexibility index (Phi) is 7.80. The number of phenolic OH excluding ortho intramolecular Hbond substituents is 1. The fraction of sp³-hybridized carbons (Fsp3) is 0.156. The van der Waals surface area contributed by atoms with Gasteiger partial charge in [0.1, 0.15) is 17.2 Å². The fourth-order valence-electron chi connectivity index (χ4n) is 8.08. The van der Waals surface area contributed by atoms with Crippen molar-refractivity contribution in [3.63, 3.8) is 0 Å². The summed E-state index contributed by atoms with van der Waals surface area (Å²) in [5.41, 5.74) is 10.3. The van der Waals surface area contributed by atoms with Gasteiger partial charge >= 0.3 is 0 Å². The Morgan fingerprint density at radius 3 is 1.68 bits per heavy atom. The lowest BCUT2D eigenvalue weighted by molar-refractivity contribution is 0.361. The van der Waals surface area contributed by atoms with Crippen molar-refractivity contribution in [3.8, 4) is 17.1 Å². The second-order valence-electron chi connectivity index (χ2n) is 14.7. The predicted molar refractivity (Wildman–Crippen MR) is 215 cm³/mol. The number of rotatable bonds is 5. The van der Waals surface area contributed by atoms with Gasteiger partial charge in [-0.3, -0.25) is 0 Å². The van der Waals surface area contributed by atoms with E-state index in [1.807, 2.05) is 62.3 Å². The summed E-state index contributed by atoms with van der Waals surface area (Å²) in [6.07, 6.45) is 0. The van der Waals surface area contributed by atoms with Crippen LogP contribution in [0.25, 0.3) is 22.5 Å². The van der Waals surface area contributed by atoms with E-state index in [0.717, 1.165) is 92.8 Å². The number of phenols is 1. The molecule has 0 aliphatic carbocycles. The number of benzene rings is 5. The van der Waals surface area contributed by atoms with E-state index in [4.69, 9.17) is 29.0 Å². The lowest BCUT2D eigenvalue weighted by atomic mass is 10.0. The normalized spacial score (nSPS) is 13.8. The van der Waals surface area contributed by atoms with Crippen molar-refractivity contribution in [2.45, 2.75) is 34.2 Å². The van der Waals surface area contributed by atoms with Gasteiger partial charge < -0.3 is 19.1 Å². The van der Waals surface area contributed by atoms with Crippen molar-refractivity contribution < 1.29 is 14.2 Å². The molecule has 0 saturated heterocycles. The number of hydrogen-bond donors (Lipinski definition) is 1. The minimum atomic E-state index is 0.154. The van der Waals surface area contributed by atoms with E-state index in [2.05, 4.69) is 71.4 Å². The zero-order valence-electron chi connectivity index (χ0n) is 32.1. The highest BCUT2D eigenvalue weighted by molar-refractivity contribution is 6.28. The zero-order valence-corrected chi connectivity index (χ0v) is 32.1. The van der Waals surface area contributed by atoms with Gasteiger partial charge in [0.05, 0.1) is 40.0 Å². The summed E-state index contributed by atoms with van der Waals surface area (Å²) in [6, 6.07) is 27.4. The van der Waals surface area contributed by atoms with Gasteiger partial charge in [0.15, 0.2) is 5.82 Å². The van der Waals surface area contributed by atoms with Crippen LogP contribution in [0.4, 0.5) is 22.7 Å². The van der Waals surface area contributed by atoms with E-state index in [0.29, 0.717) is 41.3 Å². The van der Waals surface area contributed by atoms with Gasteiger partial charge in [-0.2, -0.15) is 9.97 Å². The van der Waals surface area contributed by atoms with E-state index in [-0.39, 0.29) is 5.75 Å². The molecule has 4 aliphatic rings. The molecule has 0 atom stereocenters. The zero-order chi connectivity index (χ0) is 39.1. The highest BCUT2D eigenvalue weighted by Crippen LogP contribution is 2.32. The molecule has 5 aromatic carbocycles. The summed E-state index contributed by atoms with van der Waals surface area (Å²) in [6.45, 7) is 8.90. The van der Waals surface area contributed by atoms with Crippen LogP contribution in [0.3, 0.4) is 0 Å². The Balaban J connectivity index is 0.000000140. The summed E-state index contributed by atoms with van der Waals surface area (Å²) in [7, 11) is 3.95. The molecule has 278 valence electrons. The standard InChI is InChI=1S/C24H16N4O2.C21H19N5O/c1-12-20-13(2)22(24-27-23(28-30-24)14-6-5-7-15(29)10-14)26-19(20)11-17-16-8-3-4-9-18(16)25-21(12)17;1-11-18-12(2)20(21-24-17(25-27-21)10-26(3)4)23-16(18)9-14-13-7-5-6-8-15(13)22-19(11)14/h3-11,29H,1-2H3;5-9H,10H2,1-4H3. The molecule has 0 spiro atoms. The number of aromatic nitrogens is 4. The Labute approximate surface area is 325 Å². The SMILES string of the molecule is CC1=c2c(cc3c(c2C)N=c2ccccc2=3)N=C1c1nc(-c2cccc(O)c2)no1.CC1=c2c(cc3c(c2C)N=c2ccccc2=3)N=C1c1nc(CN(C)C)no1. The number of hydrogen-bond acceptors (Lipinski definition) is 12. The second kappa shape index (κ2) is 13.0. The summed E-state index contributed by atoms with van der Waals surface area (Å²) in [5.74, 6) is 2.05. The van der Waals surface area contributed by atoms with Crippen LogP contribution in [0.5, 0.6) is 5.75 Å². The van der Waals surface area contributed by atoms with Gasteiger partial charge in [-0.05, 0) is 100 Å². The third-order valence-electron chi connectivity index (χ3n) is 10.7. The summed E-state index contributed by atoms with van der Waals surface area (Å²) >= 11 is 0. The molecule has 0 radical (unpaired) electrons. The molecule has 7 aromatic rings. The molecule has 4 aliphatic heterocycles. The van der Waals surface area contributed by atoms with Crippen LogP contribution in [0, 0.1) is 34.7 Å². The molecule has 11 rings (SSSR count). The second-order valence-corrected chi connectivity index (χ2v) is 14.7. The molecule has 12 nitrogen and oxygen atoms in total. The lowest BCUT2D eigenvalue weighted by Crippen LogP contribution is -2.12. The molecular weight excluding hydrogens is 715 g/mol. The number of fused-ring (bicyclic) bond motifs is 6. The molecule has 0 saturated carbocycles. The van der Waals surface area contributed by atoms with Crippen LogP contribution in [0.2, 0.25) is 0 Å². The minimum absolute atomic E-state index is 0.154. The fourth-order valence-corrected chi connectivity index (χ4v) is 8.08. The average Bonchev–Trinajstić information content (AvgIpc) is 4.06. The van der Waals surface area contributed by atoms with E-state index in [1.54, 1.807) is 18.2 Å². The van der Waals surface area contributed by atoms with Gasteiger partial charge in [0.25, 0.3) is 11.8 Å². The van der Waals surface area contributed by atoms with Gasteiger partial charge in [-0.1, -0.05) is 58.8 Å².